The first-order valence-electron chi connectivity index (χ1n) is 10.1. The number of aliphatic imine (C=N–C) groups is 1. The van der Waals surface area contributed by atoms with Crippen LogP contribution in [-0.2, 0) is 19.6 Å². The molecule has 3 rings (SSSR count). The molecule has 0 amide bonds. The monoisotopic (exact) mass is 503 g/mol. The molecule has 1 fully saturated rings. The molecule has 29 heavy (non-hydrogen) atoms. The van der Waals surface area contributed by atoms with Gasteiger partial charge in [0.15, 0.2) is 5.96 Å². The molecule has 0 aliphatic carbocycles. The van der Waals surface area contributed by atoms with E-state index in [-0.39, 0.29) is 24.0 Å². The number of nitrogens with one attached hydrogen (secondary N) is 2. The minimum atomic E-state index is 0. The number of benzene rings is 2. The van der Waals surface area contributed by atoms with Crippen LogP contribution in [0.1, 0.15) is 42.0 Å². The largest absolute Gasteiger partial charge is 0.357 e. The fourth-order valence-corrected chi connectivity index (χ4v) is 3.34. The first-order chi connectivity index (χ1) is 13.8. The summed E-state index contributed by atoms with van der Waals surface area (Å²) in [4.78, 5) is 7.17. The van der Waals surface area contributed by atoms with Crippen LogP contribution in [0.5, 0.6) is 0 Å². The minimum Gasteiger partial charge on any atom is -0.357 e. The lowest BCUT2D eigenvalue weighted by Crippen LogP contribution is -2.36. The van der Waals surface area contributed by atoms with E-state index in [2.05, 4.69) is 57.8 Å². The Balaban J connectivity index is 0.00000300. The maximum atomic E-state index is 8.88. The molecule has 0 saturated carbocycles. The highest BCUT2D eigenvalue weighted by atomic mass is 127. The fraction of sp³-hybridized carbons (Fsp3) is 0.391. The third-order valence-electron chi connectivity index (χ3n) is 4.93. The van der Waals surface area contributed by atoms with Crippen LogP contribution in [0, 0.1) is 11.3 Å². The topological polar surface area (TPSA) is 63.5 Å². The lowest BCUT2D eigenvalue weighted by atomic mass is 10.1. The van der Waals surface area contributed by atoms with Crippen LogP contribution in [0.15, 0.2) is 53.5 Å². The number of nitriles is 1. The third-order valence-corrected chi connectivity index (χ3v) is 4.93. The summed E-state index contributed by atoms with van der Waals surface area (Å²) in [6.07, 6.45) is 2.66. The molecule has 0 spiro atoms. The van der Waals surface area contributed by atoms with Gasteiger partial charge in [-0.3, -0.25) is 4.90 Å². The number of halogens is 1. The molecule has 0 atom stereocenters. The van der Waals surface area contributed by atoms with Crippen molar-refractivity contribution in [3.63, 3.8) is 0 Å². The van der Waals surface area contributed by atoms with Crippen molar-refractivity contribution in [3.05, 3.63) is 70.8 Å². The number of nitrogens with zero attached hydrogens (tertiary/aromatic N) is 3. The maximum absolute atomic E-state index is 8.88. The first kappa shape index (κ1) is 23.2. The SMILES string of the molecule is CCNC(=NCc1ccc(C#N)cc1)NCc1ccc(CN2CCCC2)cc1.I. The van der Waals surface area contributed by atoms with Gasteiger partial charge in [-0.1, -0.05) is 36.4 Å². The molecule has 1 aliphatic heterocycles. The van der Waals surface area contributed by atoms with Crippen LogP contribution < -0.4 is 10.6 Å². The van der Waals surface area contributed by atoms with E-state index in [9.17, 15) is 0 Å². The van der Waals surface area contributed by atoms with Gasteiger partial charge in [0, 0.05) is 19.6 Å². The molecule has 0 aromatic heterocycles. The highest BCUT2D eigenvalue weighted by Crippen LogP contribution is 2.13. The van der Waals surface area contributed by atoms with Crippen molar-refractivity contribution in [2.24, 2.45) is 4.99 Å². The summed E-state index contributed by atoms with van der Waals surface area (Å²) in [6, 6.07) is 18.6. The van der Waals surface area contributed by atoms with Crippen LogP contribution in [-0.4, -0.2) is 30.5 Å². The Hall–Kier alpha value is -2.11. The molecule has 1 aliphatic rings. The van der Waals surface area contributed by atoms with Crippen LogP contribution in [0.25, 0.3) is 0 Å². The Labute approximate surface area is 191 Å². The van der Waals surface area contributed by atoms with E-state index in [1.54, 1.807) is 0 Å². The normalized spacial score (nSPS) is 14.1. The Morgan fingerprint density at radius 2 is 1.59 bits per heavy atom. The molecule has 2 N–H and O–H groups in total. The maximum Gasteiger partial charge on any atom is 0.191 e. The van der Waals surface area contributed by atoms with Gasteiger partial charge in [0.1, 0.15) is 0 Å². The Kier molecular flexibility index (Phi) is 9.95. The van der Waals surface area contributed by atoms with Crippen molar-refractivity contribution in [3.8, 4) is 6.07 Å². The van der Waals surface area contributed by atoms with E-state index >= 15 is 0 Å². The van der Waals surface area contributed by atoms with Crippen molar-refractivity contribution in [2.45, 2.75) is 39.4 Å². The molecule has 154 valence electrons. The number of hydrogen-bond donors (Lipinski definition) is 2. The molecule has 2 aromatic carbocycles. The third kappa shape index (κ3) is 7.67. The Morgan fingerprint density at radius 1 is 0.966 bits per heavy atom. The van der Waals surface area contributed by atoms with E-state index < -0.39 is 0 Å². The summed E-state index contributed by atoms with van der Waals surface area (Å²) < 4.78 is 0. The average molecular weight is 503 g/mol. The van der Waals surface area contributed by atoms with E-state index in [1.807, 2.05) is 24.3 Å². The van der Waals surface area contributed by atoms with Crippen molar-refractivity contribution in [2.75, 3.05) is 19.6 Å². The summed E-state index contributed by atoms with van der Waals surface area (Å²) in [5.41, 5.74) is 4.38. The standard InChI is InChI=1S/C23H29N5.HI/c1-2-25-23(26-16-20-7-5-19(15-24)6-8-20)27-17-21-9-11-22(12-10-21)18-28-13-3-4-14-28;/h5-12H,2-4,13-14,16-18H2,1H3,(H2,25,26,27);1H. The molecule has 1 saturated heterocycles. The molecular formula is C23H30IN5. The summed E-state index contributed by atoms with van der Waals surface area (Å²) in [5, 5.41) is 15.6. The van der Waals surface area contributed by atoms with Crippen LogP contribution in [0.2, 0.25) is 0 Å². The smallest absolute Gasteiger partial charge is 0.191 e. The van der Waals surface area contributed by atoms with Gasteiger partial charge in [-0.05, 0) is 61.7 Å². The second kappa shape index (κ2) is 12.5. The van der Waals surface area contributed by atoms with Gasteiger partial charge < -0.3 is 10.6 Å². The molecule has 5 nitrogen and oxygen atoms in total. The van der Waals surface area contributed by atoms with Gasteiger partial charge in [-0.2, -0.15) is 5.26 Å². The van der Waals surface area contributed by atoms with Crippen molar-refractivity contribution >= 4 is 29.9 Å². The molecule has 2 aromatic rings. The van der Waals surface area contributed by atoms with E-state index in [0.29, 0.717) is 12.1 Å². The number of hydrogen-bond acceptors (Lipinski definition) is 3. The van der Waals surface area contributed by atoms with E-state index in [1.165, 1.54) is 37.1 Å². The first-order valence-corrected chi connectivity index (χ1v) is 10.1. The predicted octanol–water partition coefficient (Wildman–Crippen LogP) is 4.03. The van der Waals surface area contributed by atoms with Crippen molar-refractivity contribution in [1.29, 1.82) is 5.26 Å². The van der Waals surface area contributed by atoms with Gasteiger partial charge in [0.05, 0.1) is 18.2 Å². The summed E-state index contributed by atoms with van der Waals surface area (Å²) in [6.45, 7) is 7.71. The zero-order valence-electron chi connectivity index (χ0n) is 17.0. The van der Waals surface area contributed by atoms with Crippen LogP contribution >= 0.6 is 24.0 Å². The number of guanidine groups is 1. The fourth-order valence-electron chi connectivity index (χ4n) is 3.34. The Bertz CT molecular complexity index is 803. The lowest BCUT2D eigenvalue weighted by molar-refractivity contribution is 0.331. The number of rotatable bonds is 7. The van der Waals surface area contributed by atoms with Gasteiger partial charge in [-0.15, -0.1) is 24.0 Å². The minimum absolute atomic E-state index is 0. The quantitative estimate of drug-likeness (QED) is 0.341. The van der Waals surface area contributed by atoms with Crippen LogP contribution in [0.3, 0.4) is 0 Å². The summed E-state index contributed by atoms with van der Waals surface area (Å²) >= 11 is 0. The van der Waals surface area contributed by atoms with E-state index in [4.69, 9.17) is 5.26 Å². The lowest BCUT2D eigenvalue weighted by Gasteiger charge is -2.15. The van der Waals surface area contributed by atoms with Gasteiger partial charge in [0.25, 0.3) is 0 Å². The zero-order valence-corrected chi connectivity index (χ0v) is 19.4. The molecular weight excluding hydrogens is 473 g/mol. The number of likely N-dealkylation sites (tertiary alicyclic amines) is 1. The molecule has 1 heterocycles. The second-order valence-corrected chi connectivity index (χ2v) is 7.16. The summed E-state index contributed by atoms with van der Waals surface area (Å²) in [5.74, 6) is 0.799. The molecule has 6 heteroatoms. The van der Waals surface area contributed by atoms with Crippen molar-refractivity contribution in [1.82, 2.24) is 15.5 Å². The predicted molar refractivity (Wildman–Crippen MR) is 129 cm³/mol. The summed E-state index contributed by atoms with van der Waals surface area (Å²) in [7, 11) is 0. The average Bonchev–Trinajstić information content (AvgIpc) is 3.24. The highest BCUT2D eigenvalue weighted by molar-refractivity contribution is 14.0. The second-order valence-electron chi connectivity index (χ2n) is 7.16. The van der Waals surface area contributed by atoms with Gasteiger partial charge >= 0.3 is 0 Å². The Morgan fingerprint density at radius 3 is 2.21 bits per heavy atom. The van der Waals surface area contributed by atoms with Crippen LogP contribution in [0.4, 0.5) is 0 Å². The molecule has 0 radical (unpaired) electrons. The highest BCUT2D eigenvalue weighted by Gasteiger charge is 2.11. The van der Waals surface area contributed by atoms with E-state index in [0.717, 1.165) is 31.2 Å². The molecule has 0 unspecified atom stereocenters. The van der Waals surface area contributed by atoms with Crippen molar-refractivity contribution < 1.29 is 0 Å². The zero-order chi connectivity index (χ0) is 19.6. The van der Waals surface area contributed by atoms with Gasteiger partial charge in [-0.25, -0.2) is 4.99 Å². The molecule has 0 bridgehead atoms. The van der Waals surface area contributed by atoms with Gasteiger partial charge in [0.2, 0.25) is 0 Å².